The third-order valence-electron chi connectivity index (χ3n) is 16.7. The molecule has 2 N–H and O–H groups in total. The highest BCUT2D eigenvalue weighted by atomic mass is 16.5. The van der Waals surface area contributed by atoms with Crippen LogP contribution in [-0.2, 0) is 0 Å². The van der Waals surface area contributed by atoms with Gasteiger partial charge >= 0.3 is 0 Å². The van der Waals surface area contributed by atoms with Crippen molar-refractivity contribution in [2.45, 2.75) is 130 Å². The van der Waals surface area contributed by atoms with Gasteiger partial charge in [-0.25, -0.2) is 29.9 Å². The van der Waals surface area contributed by atoms with Crippen molar-refractivity contribution in [2.24, 2.45) is 0 Å². The minimum absolute atomic E-state index is 0.498. The number of rotatable bonds is 24. The van der Waals surface area contributed by atoms with E-state index in [1.54, 1.807) is 0 Å². The summed E-state index contributed by atoms with van der Waals surface area (Å²) < 4.78 is 26.3. The van der Waals surface area contributed by atoms with Crippen molar-refractivity contribution in [3.63, 3.8) is 0 Å². The number of benzene rings is 8. The number of hydrogen-bond acceptors (Lipinski definition) is 10. The summed E-state index contributed by atoms with van der Waals surface area (Å²) in [5.41, 5.74) is 5.88. The van der Waals surface area contributed by atoms with Crippen LogP contribution in [0.4, 0.5) is 0 Å². The highest BCUT2D eigenvalue weighted by Crippen LogP contribution is 2.44. The zero-order chi connectivity index (χ0) is 56.9. The average Bonchev–Trinajstić information content (AvgIpc) is 3.24. The molecule has 3 aromatic heterocycles. The van der Waals surface area contributed by atoms with Crippen LogP contribution in [0.25, 0.3) is 133 Å². The third kappa shape index (κ3) is 10.9. The summed E-state index contributed by atoms with van der Waals surface area (Å²) in [6, 6.07) is 42.6. The Bertz CT molecular complexity index is 4430. The Labute approximate surface area is 490 Å². The number of nitrogens with zero attached hydrogens (tertiary/aromatic N) is 6. The Morgan fingerprint density at radius 3 is 0.905 bits per heavy atom. The summed E-state index contributed by atoms with van der Waals surface area (Å²) in [5, 5.41) is 11.7. The Kier molecular flexibility index (Phi) is 16.0. The van der Waals surface area contributed by atoms with Crippen molar-refractivity contribution >= 4 is 87.2 Å². The van der Waals surface area contributed by atoms with Gasteiger partial charge in [0.1, 0.15) is 45.6 Å². The lowest BCUT2D eigenvalue weighted by Gasteiger charge is -2.11. The van der Waals surface area contributed by atoms with Gasteiger partial charge in [-0.1, -0.05) is 153 Å². The number of hydrogen-bond donors (Lipinski definition) is 2. The summed E-state index contributed by atoms with van der Waals surface area (Å²) >= 11 is 0. The lowest BCUT2D eigenvalue weighted by molar-refractivity contribution is 0.308. The van der Waals surface area contributed by atoms with Crippen LogP contribution in [-0.4, -0.2) is 66.3 Å². The molecule has 13 rings (SSSR count). The first-order valence-electron chi connectivity index (χ1n) is 31.1. The van der Waals surface area contributed by atoms with E-state index in [0.717, 1.165) is 161 Å². The first kappa shape index (κ1) is 54.6. The lowest BCUT2D eigenvalue weighted by atomic mass is 10.00. The molecule has 0 amide bonds. The Hall–Kier alpha value is -8.64. The number of nitrogens with one attached hydrogen (secondary N) is 2. The molecule has 0 unspecified atom stereocenters. The summed E-state index contributed by atoms with van der Waals surface area (Å²) in [6.45, 7) is 11.5. The quantitative estimate of drug-likeness (QED) is 0.0561. The maximum atomic E-state index is 6.57. The molecule has 0 fully saturated rings. The van der Waals surface area contributed by atoms with E-state index < -0.39 is 0 Å². The molecule has 12 nitrogen and oxygen atoms in total. The minimum atomic E-state index is 0.498. The van der Waals surface area contributed by atoms with E-state index in [9.17, 15) is 0 Å². The van der Waals surface area contributed by atoms with Gasteiger partial charge in [0.2, 0.25) is 0 Å². The molecule has 0 radical (unpaired) electrons. The Morgan fingerprint density at radius 1 is 0.274 bits per heavy atom. The van der Waals surface area contributed by atoms with Gasteiger partial charge in [-0.2, -0.15) is 0 Å². The van der Waals surface area contributed by atoms with E-state index >= 15 is 0 Å². The highest BCUT2D eigenvalue weighted by molar-refractivity contribution is 6.15. The van der Waals surface area contributed by atoms with E-state index in [1.165, 1.54) is 51.4 Å². The fraction of sp³-hybridized carbons (Fsp3) is 0.333. The maximum Gasteiger partial charge on any atom is 0.164 e. The largest absolute Gasteiger partial charge is 0.493 e. The van der Waals surface area contributed by atoms with Crippen LogP contribution in [0.15, 0.2) is 121 Å². The fourth-order valence-corrected chi connectivity index (χ4v) is 12.1. The van der Waals surface area contributed by atoms with Crippen LogP contribution in [0.3, 0.4) is 0 Å². The van der Waals surface area contributed by atoms with Crippen LogP contribution in [0.2, 0.25) is 0 Å². The molecule has 426 valence electrons. The van der Waals surface area contributed by atoms with E-state index in [1.807, 2.05) is 0 Å². The van der Waals surface area contributed by atoms with Crippen LogP contribution < -0.4 is 18.9 Å². The number of ether oxygens (including phenoxy) is 4. The predicted octanol–water partition coefficient (Wildman–Crippen LogP) is 19.3. The van der Waals surface area contributed by atoms with Crippen molar-refractivity contribution in [1.29, 1.82) is 0 Å². The first-order valence-corrected chi connectivity index (χ1v) is 31.1. The number of fused-ring (bicyclic) bond motifs is 24. The lowest BCUT2D eigenvalue weighted by Crippen LogP contribution is -1.98. The van der Waals surface area contributed by atoms with Crippen molar-refractivity contribution in [3.05, 3.63) is 121 Å². The normalized spacial score (nSPS) is 12.0. The molecule has 0 spiro atoms. The molecule has 84 heavy (non-hydrogen) atoms. The molecular formula is C72H74N8O4. The van der Waals surface area contributed by atoms with E-state index in [2.05, 4.69) is 159 Å². The molecule has 11 aromatic rings. The SMILES string of the molecule is CCCCCCOc1cccc2cc3c(cc12)-c1nc2nc(nc4[nH]c(nc5[nH]c(nc-3n1)c1cc3c(OCCCCCC)cccc3cc51)c1cc3c(OCCCCCC)cccc3cc41)-c1cc3c(OCCCCCC)cccc3cc1-2. The van der Waals surface area contributed by atoms with Crippen LogP contribution in [0.5, 0.6) is 23.0 Å². The van der Waals surface area contributed by atoms with Gasteiger partial charge < -0.3 is 28.9 Å². The zero-order valence-electron chi connectivity index (χ0n) is 49.0. The van der Waals surface area contributed by atoms with E-state index in [0.29, 0.717) is 72.3 Å². The monoisotopic (exact) mass is 1110 g/mol. The molecule has 0 saturated heterocycles. The molecule has 0 saturated carbocycles. The second-order valence-electron chi connectivity index (χ2n) is 22.7. The molecule has 5 heterocycles. The topological polar surface area (TPSA) is 146 Å². The average molecular weight is 1120 g/mol. The van der Waals surface area contributed by atoms with Gasteiger partial charge in [0.25, 0.3) is 0 Å². The zero-order valence-corrected chi connectivity index (χ0v) is 49.0. The van der Waals surface area contributed by atoms with E-state index in [-0.39, 0.29) is 0 Å². The maximum absolute atomic E-state index is 6.57. The Morgan fingerprint density at radius 2 is 0.560 bits per heavy atom. The van der Waals surface area contributed by atoms with Crippen molar-refractivity contribution in [3.8, 4) is 68.5 Å². The van der Waals surface area contributed by atoms with Gasteiger partial charge in [0, 0.05) is 65.3 Å². The molecule has 2 aliphatic heterocycles. The van der Waals surface area contributed by atoms with Crippen LogP contribution in [0.1, 0.15) is 130 Å². The van der Waals surface area contributed by atoms with Gasteiger partial charge in [0.05, 0.1) is 26.4 Å². The number of aromatic amines is 2. The number of unbranched alkanes of at least 4 members (excludes halogenated alkanes) is 12. The second-order valence-corrected chi connectivity index (χ2v) is 22.7. The molecule has 0 aliphatic carbocycles. The van der Waals surface area contributed by atoms with Crippen molar-refractivity contribution < 1.29 is 18.9 Å². The third-order valence-corrected chi connectivity index (χ3v) is 16.7. The van der Waals surface area contributed by atoms with Crippen molar-refractivity contribution in [2.75, 3.05) is 26.4 Å². The molecule has 12 heteroatoms. The summed E-state index contributed by atoms with van der Waals surface area (Å²) in [7, 11) is 0. The summed E-state index contributed by atoms with van der Waals surface area (Å²) in [6.07, 6.45) is 17.9. The number of H-pyrrole nitrogens is 2. The van der Waals surface area contributed by atoms with E-state index in [4.69, 9.17) is 48.9 Å². The van der Waals surface area contributed by atoms with Gasteiger partial charge in [-0.15, -0.1) is 0 Å². The van der Waals surface area contributed by atoms with Crippen LogP contribution >= 0.6 is 0 Å². The Balaban J connectivity index is 1.08. The fourth-order valence-electron chi connectivity index (χ4n) is 12.1. The summed E-state index contributed by atoms with van der Waals surface area (Å²) in [5.74, 6) is 5.38. The summed E-state index contributed by atoms with van der Waals surface area (Å²) in [4.78, 5) is 40.5. The molecule has 2 aliphatic rings. The molecular weight excluding hydrogens is 1040 g/mol. The molecule has 8 aromatic carbocycles. The van der Waals surface area contributed by atoms with Crippen LogP contribution in [0, 0.1) is 0 Å². The van der Waals surface area contributed by atoms with Gasteiger partial charge in [-0.3, -0.25) is 0 Å². The highest BCUT2D eigenvalue weighted by Gasteiger charge is 2.27. The van der Waals surface area contributed by atoms with Crippen molar-refractivity contribution in [1.82, 2.24) is 39.9 Å². The van der Waals surface area contributed by atoms with Gasteiger partial charge in [-0.05, 0) is 120 Å². The molecule has 8 bridgehead atoms. The standard InChI is InChI=1S/C72H74N8O4/c1-5-9-13-17-33-81-61-29-21-25-45-37-53-57(41-49(45)61)69-73-65(53)78-70-59-43-51-47(27-23-31-63(51)83-35-19-15-11-7-3)39-55(59)67(75-70)80-72-60-44-52-48(28-24-32-64(52)84-36-20-16-12-8-4)40-56(60)68(76-72)79-71-58-42-50-46(38-54(58)66(74-71)77-69)26-22-30-62(50)82-34-18-14-10-6-2/h21-32,37-44H,5-20,33-36H2,1-4H3,(H2,73,74,75,76,77,78,79,80). The molecule has 0 atom stereocenters. The number of aromatic nitrogens is 8. The predicted molar refractivity (Wildman–Crippen MR) is 345 cm³/mol. The smallest absolute Gasteiger partial charge is 0.164 e. The first-order chi connectivity index (χ1) is 41.5. The second kappa shape index (κ2) is 24.7. The van der Waals surface area contributed by atoms with Gasteiger partial charge in [0.15, 0.2) is 23.3 Å². The minimum Gasteiger partial charge on any atom is -0.493 e.